The van der Waals surface area contributed by atoms with Crippen LogP contribution in [0.1, 0.15) is 129 Å². The van der Waals surface area contributed by atoms with E-state index in [9.17, 15) is 0 Å². The Kier molecular flexibility index (Phi) is 16.1. The molecular weight excluding hydrogens is 418 g/mol. The maximum absolute atomic E-state index is 5.83. The third-order valence-corrected chi connectivity index (χ3v) is 6.51. The molecule has 0 atom stereocenters. The second-order valence-electron chi connectivity index (χ2n) is 9.68. The number of hydrogen-bond donors (Lipinski definition) is 0. The fourth-order valence-corrected chi connectivity index (χ4v) is 4.29. The number of nitrogens with zero attached hydrogens (tertiary/aromatic N) is 3. The van der Waals surface area contributed by atoms with Crippen LogP contribution >= 0.6 is 0 Å². The molecule has 0 saturated heterocycles. The minimum Gasteiger partial charge on any atom is -0.490 e. The van der Waals surface area contributed by atoms with Gasteiger partial charge in [-0.3, -0.25) is 4.98 Å². The molecule has 0 spiro atoms. The van der Waals surface area contributed by atoms with Crippen LogP contribution in [0.3, 0.4) is 0 Å². The van der Waals surface area contributed by atoms with Crippen molar-refractivity contribution in [2.45, 2.75) is 129 Å². The number of ether oxygens (including phenoxy) is 1. The second kappa shape index (κ2) is 19.3. The first-order valence-corrected chi connectivity index (χ1v) is 14.2. The van der Waals surface area contributed by atoms with E-state index < -0.39 is 0 Å². The highest BCUT2D eigenvalue weighted by Gasteiger charge is 2.04. The molecule has 4 nitrogen and oxygen atoms in total. The van der Waals surface area contributed by atoms with Gasteiger partial charge in [0.25, 0.3) is 0 Å². The van der Waals surface area contributed by atoms with Gasteiger partial charge < -0.3 is 4.74 Å². The van der Waals surface area contributed by atoms with Crippen LogP contribution in [0.15, 0.2) is 30.7 Å². The summed E-state index contributed by atoms with van der Waals surface area (Å²) in [6, 6.07) is 4.21. The molecule has 2 rings (SSSR count). The number of rotatable bonds is 21. The molecule has 0 aliphatic rings. The predicted octanol–water partition coefficient (Wildman–Crippen LogP) is 9.13. The van der Waals surface area contributed by atoms with Crippen molar-refractivity contribution in [1.29, 1.82) is 0 Å². The van der Waals surface area contributed by atoms with Crippen LogP contribution in [-0.2, 0) is 6.42 Å². The standard InChI is InChI=1S/C30H49N3O/c1-3-5-7-9-11-13-15-17-19-23-34-29-25-32-30(33-26-29)27-21-22-28(31-24-27)20-18-16-14-12-10-8-6-4-2/h21-22,24-26H,3-20,23H2,1-2H3. The molecular formula is C30H49N3O. The Hall–Kier alpha value is -1.97. The number of hydrogen-bond acceptors (Lipinski definition) is 4. The Bertz CT molecular complexity index is 715. The van der Waals surface area contributed by atoms with Crippen molar-refractivity contribution in [3.8, 4) is 17.1 Å². The Balaban J connectivity index is 1.56. The van der Waals surface area contributed by atoms with Crippen LogP contribution in [-0.4, -0.2) is 21.6 Å². The summed E-state index contributed by atoms with van der Waals surface area (Å²) < 4.78 is 5.83. The second-order valence-corrected chi connectivity index (χ2v) is 9.68. The first-order chi connectivity index (χ1) is 16.8. The number of aromatic nitrogens is 3. The molecule has 0 unspecified atom stereocenters. The summed E-state index contributed by atoms with van der Waals surface area (Å²) in [5.74, 6) is 1.46. The summed E-state index contributed by atoms with van der Waals surface area (Å²) in [6.45, 7) is 5.28. The highest BCUT2D eigenvalue weighted by molar-refractivity contribution is 5.53. The molecule has 190 valence electrons. The molecule has 0 fully saturated rings. The van der Waals surface area contributed by atoms with Crippen LogP contribution in [0.25, 0.3) is 11.4 Å². The zero-order valence-corrected chi connectivity index (χ0v) is 22.1. The third kappa shape index (κ3) is 13.1. The molecule has 2 aromatic heterocycles. The highest BCUT2D eigenvalue weighted by Crippen LogP contribution is 2.18. The van der Waals surface area contributed by atoms with Crippen LogP contribution < -0.4 is 4.74 Å². The smallest absolute Gasteiger partial charge is 0.160 e. The molecule has 2 aromatic rings. The van der Waals surface area contributed by atoms with Crippen molar-refractivity contribution in [3.63, 3.8) is 0 Å². The summed E-state index contributed by atoms with van der Waals surface area (Å²) in [5.41, 5.74) is 2.13. The highest BCUT2D eigenvalue weighted by atomic mass is 16.5. The molecule has 0 saturated carbocycles. The summed E-state index contributed by atoms with van der Waals surface area (Å²) in [6.07, 6.45) is 29.2. The number of aryl methyl sites for hydroxylation is 1. The van der Waals surface area contributed by atoms with E-state index in [0.717, 1.165) is 36.5 Å². The lowest BCUT2D eigenvalue weighted by Crippen LogP contribution is -1.99. The lowest BCUT2D eigenvalue weighted by atomic mass is 10.1. The van der Waals surface area contributed by atoms with Crippen molar-refractivity contribution in [3.05, 3.63) is 36.4 Å². The minimum atomic E-state index is 0.710. The zero-order chi connectivity index (χ0) is 24.1. The van der Waals surface area contributed by atoms with E-state index in [0.29, 0.717) is 5.82 Å². The Labute approximate surface area is 209 Å². The minimum absolute atomic E-state index is 0.710. The van der Waals surface area contributed by atoms with Gasteiger partial charge in [0.2, 0.25) is 0 Å². The van der Waals surface area contributed by atoms with E-state index in [4.69, 9.17) is 4.74 Å². The van der Waals surface area contributed by atoms with Crippen molar-refractivity contribution < 1.29 is 4.74 Å². The fourth-order valence-electron chi connectivity index (χ4n) is 4.29. The average Bonchev–Trinajstić information content (AvgIpc) is 2.87. The van der Waals surface area contributed by atoms with Crippen molar-refractivity contribution in [2.24, 2.45) is 0 Å². The van der Waals surface area contributed by atoms with E-state index in [-0.39, 0.29) is 0 Å². The lowest BCUT2D eigenvalue weighted by Gasteiger charge is -2.07. The maximum atomic E-state index is 5.83. The molecule has 0 aliphatic heterocycles. The van der Waals surface area contributed by atoms with Crippen molar-refractivity contribution in [1.82, 2.24) is 15.0 Å². The lowest BCUT2D eigenvalue weighted by molar-refractivity contribution is 0.302. The van der Waals surface area contributed by atoms with Gasteiger partial charge in [-0.15, -0.1) is 0 Å². The van der Waals surface area contributed by atoms with Gasteiger partial charge in [-0.2, -0.15) is 0 Å². The van der Waals surface area contributed by atoms with Crippen molar-refractivity contribution >= 4 is 0 Å². The Morgan fingerprint density at radius 3 is 1.62 bits per heavy atom. The summed E-state index contributed by atoms with van der Waals surface area (Å²) in [4.78, 5) is 13.6. The van der Waals surface area contributed by atoms with E-state index in [1.54, 1.807) is 12.4 Å². The van der Waals surface area contributed by atoms with Gasteiger partial charge in [0.15, 0.2) is 11.6 Å². The molecule has 0 amide bonds. The van der Waals surface area contributed by atoms with Crippen LogP contribution in [0.4, 0.5) is 0 Å². The van der Waals surface area contributed by atoms with Gasteiger partial charge in [0, 0.05) is 17.5 Å². The average molecular weight is 468 g/mol. The van der Waals surface area contributed by atoms with Gasteiger partial charge >= 0.3 is 0 Å². The van der Waals surface area contributed by atoms with Gasteiger partial charge in [-0.25, -0.2) is 9.97 Å². The van der Waals surface area contributed by atoms with Crippen LogP contribution in [0.5, 0.6) is 5.75 Å². The summed E-state index contributed by atoms with van der Waals surface area (Å²) in [7, 11) is 0. The largest absolute Gasteiger partial charge is 0.490 e. The molecule has 0 bridgehead atoms. The molecule has 4 heteroatoms. The quantitative estimate of drug-likeness (QED) is 0.172. The van der Waals surface area contributed by atoms with Gasteiger partial charge in [0.05, 0.1) is 19.0 Å². The van der Waals surface area contributed by atoms with Gasteiger partial charge in [0.1, 0.15) is 0 Å². The van der Waals surface area contributed by atoms with Crippen LogP contribution in [0.2, 0.25) is 0 Å². The summed E-state index contributed by atoms with van der Waals surface area (Å²) in [5, 5.41) is 0. The SMILES string of the molecule is CCCCCCCCCCCOc1cnc(-c2ccc(CCCCCCCCCC)nc2)nc1. The summed E-state index contributed by atoms with van der Waals surface area (Å²) >= 11 is 0. The Morgan fingerprint density at radius 2 is 1.09 bits per heavy atom. The van der Waals surface area contributed by atoms with E-state index in [1.807, 2.05) is 6.20 Å². The third-order valence-electron chi connectivity index (χ3n) is 6.51. The molecule has 34 heavy (non-hydrogen) atoms. The molecule has 0 radical (unpaired) electrons. The monoisotopic (exact) mass is 467 g/mol. The maximum Gasteiger partial charge on any atom is 0.160 e. The topological polar surface area (TPSA) is 47.9 Å². The van der Waals surface area contributed by atoms with Gasteiger partial charge in [-0.1, -0.05) is 110 Å². The van der Waals surface area contributed by atoms with Crippen LogP contribution in [0, 0.1) is 0 Å². The first kappa shape index (κ1) is 28.3. The zero-order valence-electron chi connectivity index (χ0n) is 22.1. The number of pyridine rings is 1. The fraction of sp³-hybridized carbons (Fsp3) is 0.700. The molecule has 0 aliphatic carbocycles. The molecule has 0 aromatic carbocycles. The van der Waals surface area contributed by atoms with Crippen molar-refractivity contribution in [2.75, 3.05) is 6.61 Å². The van der Waals surface area contributed by atoms with E-state index in [2.05, 4.69) is 40.9 Å². The molecule has 0 N–H and O–H groups in total. The number of unbranched alkanes of at least 4 members (excludes halogenated alkanes) is 15. The molecule has 2 heterocycles. The van der Waals surface area contributed by atoms with E-state index >= 15 is 0 Å². The Morgan fingerprint density at radius 1 is 0.559 bits per heavy atom. The van der Waals surface area contributed by atoms with Gasteiger partial charge in [-0.05, 0) is 31.4 Å². The van der Waals surface area contributed by atoms with E-state index in [1.165, 1.54) is 103 Å². The normalized spacial score (nSPS) is 11.1. The first-order valence-electron chi connectivity index (χ1n) is 14.2. The predicted molar refractivity (Wildman–Crippen MR) is 144 cm³/mol.